The third-order valence-electron chi connectivity index (χ3n) is 8.13. The number of hydrogen-bond donors (Lipinski definition) is 2. The van der Waals surface area contributed by atoms with Gasteiger partial charge in [-0.1, -0.05) is 23.2 Å². The number of nitrogens with zero attached hydrogens (tertiary/aromatic N) is 4. The van der Waals surface area contributed by atoms with Gasteiger partial charge in [0.2, 0.25) is 6.41 Å². The number of benzene rings is 1. The van der Waals surface area contributed by atoms with Crippen molar-refractivity contribution in [3.63, 3.8) is 0 Å². The van der Waals surface area contributed by atoms with E-state index in [2.05, 4.69) is 30.4 Å². The number of halogens is 2. The second kappa shape index (κ2) is 8.16. The van der Waals surface area contributed by atoms with Crippen molar-refractivity contribution in [2.24, 2.45) is 5.41 Å². The SMILES string of the molecule is Cc1c(-c2c(Cl)c(Cl)cc(N)c2C=N)c(N2CCCCC2(C)C)nn1C1CC2(C1)CN(C=O)C2. The van der Waals surface area contributed by atoms with Gasteiger partial charge in [0.25, 0.3) is 0 Å². The highest BCUT2D eigenvalue weighted by Crippen LogP contribution is 2.55. The molecule has 3 aliphatic rings. The summed E-state index contributed by atoms with van der Waals surface area (Å²) in [6, 6.07) is 1.89. The number of hydrogen-bond acceptors (Lipinski definition) is 5. The quantitative estimate of drug-likeness (QED) is 0.329. The lowest BCUT2D eigenvalue weighted by Gasteiger charge is -2.58. The van der Waals surface area contributed by atoms with E-state index in [0.29, 0.717) is 26.9 Å². The first kappa shape index (κ1) is 23.5. The molecule has 3 heterocycles. The van der Waals surface area contributed by atoms with Crippen LogP contribution >= 0.6 is 23.2 Å². The monoisotopic (exact) mass is 502 g/mol. The Morgan fingerprint density at radius 1 is 1.21 bits per heavy atom. The molecule has 2 aliphatic heterocycles. The molecule has 34 heavy (non-hydrogen) atoms. The fraction of sp³-hybridized carbons (Fsp3) is 0.560. The van der Waals surface area contributed by atoms with Crippen molar-refractivity contribution < 1.29 is 4.79 Å². The van der Waals surface area contributed by atoms with Gasteiger partial charge in [-0.3, -0.25) is 9.48 Å². The Kier molecular flexibility index (Phi) is 5.64. The van der Waals surface area contributed by atoms with Gasteiger partial charge in [-0.05, 0) is 58.9 Å². The Labute approximate surface area is 210 Å². The van der Waals surface area contributed by atoms with Crippen molar-refractivity contribution in [1.82, 2.24) is 14.7 Å². The van der Waals surface area contributed by atoms with Crippen molar-refractivity contribution in [2.45, 2.75) is 64.5 Å². The largest absolute Gasteiger partial charge is 0.398 e. The van der Waals surface area contributed by atoms with Gasteiger partial charge in [0, 0.05) is 64.9 Å². The van der Waals surface area contributed by atoms with Crippen LogP contribution < -0.4 is 10.6 Å². The molecule has 3 N–H and O–H groups in total. The fourth-order valence-corrected chi connectivity index (χ4v) is 6.78. The summed E-state index contributed by atoms with van der Waals surface area (Å²) in [7, 11) is 0. The van der Waals surface area contributed by atoms with Gasteiger partial charge < -0.3 is 20.9 Å². The zero-order valence-corrected chi connectivity index (χ0v) is 21.5. The molecule has 1 aliphatic carbocycles. The Balaban J connectivity index is 1.64. The lowest BCUT2D eigenvalue weighted by molar-refractivity contribution is -0.140. The minimum atomic E-state index is -0.0562. The molecule has 0 unspecified atom stereocenters. The molecule has 9 heteroatoms. The van der Waals surface area contributed by atoms with E-state index in [4.69, 9.17) is 39.4 Å². The summed E-state index contributed by atoms with van der Waals surface area (Å²) >= 11 is 13.3. The molecule has 0 atom stereocenters. The minimum Gasteiger partial charge on any atom is -0.398 e. The number of piperidine rings is 1. The summed E-state index contributed by atoms with van der Waals surface area (Å²) in [5.74, 6) is 0.887. The summed E-state index contributed by atoms with van der Waals surface area (Å²) in [6.45, 7) is 9.18. The number of nitrogen functional groups attached to an aromatic ring is 1. The molecule has 1 amide bonds. The molecule has 3 fully saturated rings. The van der Waals surface area contributed by atoms with Crippen LogP contribution in [-0.4, -0.2) is 52.5 Å². The number of carbonyl (C=O) groups is 1. The molecule has 0 radical (unpaired) electrons. The van der Waals surface area contributed by atoms with Crippen molar-refractivity contribution in [3.05, 3.63) is 27.4 Å². The van der Waals surface area contributed by atoms with Crippen molar-refractivity contribution in [2.75, 3.05) is 30.3 Å². The first-order chi connectivity index (χ1) is 16.1. The number of carbonyl (C=O) groups excluding carboxylic acids is 1. The maximum atomic E-state index is 11.1. The van der Waals surface area contributed by atoms with Crippen LogP contribution in [0.2, 0.25) is 10.0 Å². The van der Waals surface area contributed by atoms with Gasteiger partial charge in [-0.15, -0.1) is 0 Å². The maximum Gasteiger partial charge on any atom is 0.209 e. The smallest absolute Gasteiger partial charge is 0.209 e. The van der Waals surface area contributed by atoms with Crippen LogP contribution in [-0.2, 0) is 4.79 Å². The van der Waals surface area contributed by atoms with Gasteiger partial charge in [-0.2, -0.15) is 5.10 Å². The zero-order valence-electron chi connectivity index (χ0n) is 20.0. The molecule has 1 aromatic heterocycles. The number of nitrogens with one attached hydrogen (secondary N) is 1. The summed E-state index contributed by atoms with van der Waals surface area (Å²) in [5.41, 5.74) is 10.1. The van der Waals surface area contributed by atoms with Crippen LogP contribution in [0.25, 0.3) is 11.1 Å². The second-order valence-electron chi connectivity index (χ2n) is 10.9. The number of aromatic nitrogens is 2. The number of amides is 1. The van der Waals surface area contributed by atoms with Crippen LogP contribution in [0.5, 0.6) is 0 Å². The van der Waals surface area contributed by atoms with Gasteiger partial charge in [0.15, 0.2) is 5.82 Å². The van der Waals surface area contributed by atoms with Gasteiger partial charge in [0.05, 0.1) is 16.1 Å². The molecule has 0 bridgehead atoms. The molecular weight excluding hydrogens is 471 g/mol. The summed E-state index contributed by atoms with van der Waals surface area (Å²) in [5, 5.41) is 14.1. The number of likely N-dealkylation sites (tertiary alicyclic amines) is 1. The van der Waals surface area contributed by atoms with Crippen LogP contribution in [0.15, 0.2) is 6.07 Å². The molecular formula is C25H32Cl2N6O. The zero-order chi connectivity index (χ0) is 24.4. The molecule has 182 valence electrons. The van der Waals surface area contributed by atoms with E-state index in [9.17, 15) is 4.79 Å². The van der Waals surface area contributed by atoms with E-state index in [-0.39, 0.29) is 17.0 Å². The highest BCUT2D eigenvalue weighted by molar-refractivity contribution is 6.44. The molecule has 7 nitrogen and oxygen atoms in total. The van der Waals surface area contributed by atoms with E-state index < -0.39 is 0 Å². The average molecular weight is 503 g/mol. The highest BCUT2D eigenvalue weighted by Gasteiger charge is 2.53. The molecule has 5 rings (SSSR count). The third-order valence-corrected chi connectivity index (χ3v) is 8.92. The maximum absolute atomic E-state index is 11.1. The van der Waals surface area contributed by atoms with Crippen molar-refractivity contribution in [1.29, 1.82) is 5.41 Å². The molecule has 1 saturated carbocycles. The van der Waals surface area contributed by atoms with Crippen LogP contribution in [0.3, 0.4) is 0 Å². The van der Waals surface area contributed by atoms with Crippen LogP contribution in [0, 0.1) is 17.7 Å². The first-order valence-electron chi connectivity index (χ1n) is 12.0. The van der Waals surface area contributed by atoms with E-state index in [1.807, 2.05) is 4.90 Å². The van der Waals surface area contributed by atoms with E-state index in [0.717, 1.165) is 68.8 Å². The lowest BCUT2D eigenvalue weighted by Crippen LogP contribution is -2.61. The second-order valence-corrected chi connectivity index (χ2v) is 11.7. The standard InChI is InChI=1S/C25H32Cl2N6O/c1-15-20(21-17(11-28)19(29)8-18(26)22(21)27)23(32-7-5-4-6-24(32,2)3)30-33(15)16-9-25(10-16)12-31(13-25)14-34/h8,11,14,16,28H,4-7,9-10,12-13,29H2,1-3H3. The van der Waals surface area contributed by atoms with Crippen LogP contribution in [0.1, 0.15) is 63.3 Å². The topological polar surface area (TPSA) is 91.2 Å². The van der Waals surface area contributed by atoms with E-state index in [1.165, 1.54) is 12.6 Å². The Bertz CT molecular complexity index is 1160. The van der Waals surface area contributed by atoms with E-state index >= 15 is 0 Å². The minimum absolute atomic E-state index is 0.0562. The Hall–Kier alpha value is -2.25. The summed E-state index contributed by atoms with van der Waals surface area (Å²) in [6.07, 6.45) is 7.58. The van der Waals surface area contributed by atoms with Crippen molar-refractivity contribution in [3.8, 4) is 11.1 Å². The summed E-state index contributed by atoms with van der Waals surface area (Å²) in [4.78, 5) is 15.3. The predicted molar refractivity (Wildman–Crippen MR) is 138 cm³/mol. The predicted octanol–water partition coefficient (Wildman–Crippen LogP) is 5.31. The van der Waals surface area contributed by atoms with Crippen molar-refractivity contribution >= 4 is 47.3 Å². The van der Waals surface area contributed by atoms with Gasteiger partial charge >= 0.3 is 0 Å². The lowest BCUT2D eigenvalue weighted by atomic mass is 9.61. The average Bonchev–Trinajstić information content (AvgIpc) is 3.04. The highest BCUT2D eigenvalue weighted by atomic mass is 35.5. The van der Waals surface area contributed by atoms with Gasteiger partial charge in [-0.25, -0.2) is 0 Å². The normalized spacial score (nSPS) is 21.3. The van der Waals surface area contributed by atoms with E-state index in [1.54, 1.807) is 6.07 Å². The fourth-order valence-electron chi connectivity index (χ4n) is 6.32. The molecule has 1 spiro atoms. The van der Waals surface area contributed by atoms with Crippen LogP contribution in [0.4, 0.5) is 11.5 Å². The molecule has 2 saturated heterocycles. The van der Waals surface area contributed by atoms with Gasteiger partial charge in [0.1, 0.15) is 0 Å². The number of nitrogens with two attached hydrogens (primary N) is 1. The molecule has 2 aromatic rings. The third kappa shape index (κ3) is 3.51. The number of rotatable bonds is 5. The Morgan fingerprint density at radius 2 is 1.91 bits per heavy atom. The number of anilines is 2. The Morgan fingerprint density at radius 3 is 2.53 bits per heavy atom. The summed E-state index contributed by atoms with van der Waals surface area (Å²) < 4.78 is 2.14. The first-order valence-corrected chi connectivity index (χ1v) is 12.7. The molecule has 1 aromatic carbocycles.